The SMILES string of the molecule is C[C@@H](OC(=O)N1CCN2C(=O)c3cc(-c4ccc(Cl)cc4F)ccc3NC(=O)C2C1)c1cc(C(F)(F)F)cc(C(F)(F)F)c1. The highest BCUT2D eigenvalue weighted by Crippen LogP contribution is 2.38. The van der Waals surface area contributed by atoms with Gasteiger partial charge < -0.3 is 19.9 Å². The molecule has 2 aliphatic heterocycles. The van der Waals surface area contributed by atoms with E-state index < -0.39 is 64.9 Å². The van der Waals surface area contributed by atoms with Crippen molar-refractivity contribution < 1.29 is 49.9 Å². The summed E-state index contributed by atoms with van der Waals surface area (Å²) in [5.41, 5.74) is -2.92. The summed E-state index contributed by atoms with van der Waals surface area (Å²) in [6, 6.07) is 8.08. The molecular weight excluding hydrogens is 623 g/mol. The lowest BCUT2D eigenvalue weighted by Gasteiger charge is -2.39. The normalized spacial score (nSPS) is 17.8. The van der Waals surface area contributed by atoms with Crippen LogP contribution in [0.15, 0.2) is 54.6 Å². The quantitative estimate of drug-likeness (QED) is 0.307. The van der Waals surface area contributed by atoms with E-state index in [-0.39, 0.29) is 47.5 Å². The molecule has 1 fully saturated rings. The number of carbonyl (C=O) groups excluding carboxylic acids is 3. The molecule has 15 heteroatoms. The molecule has 0 spiro atoms. The highest BCUT2D eigenvalue weighted by atomic mass is 35.5. The van der Waals surface area contributed by atoms with Crippen LogP contribution in [0.4, 0.5) is 41.2 Å². The number of hydrogen-bond donors (Lipinski definition) is 1. The van der Waals surface area contributed by atoms with Gasteiger partial charge in [0.05, 0.1) is 28.9 Å². The monoisotopic (exact) mass is 643 g/mol. The number of halogens is 8. The van der Waals surface area contributed by atoms with Gasteiger partial charge in [0.1, 0.15) is 18.0 Å². The standard InChI is InChI=1S/C29H21ClF7N3O4/c1-14(16-8-17(28(32,33)34)11-18(9-16)29(35,36)37)44-27(43)39-6-7-40-24(13-39)25(41)38-23-5-2-15(10-21(23)26(40)42)20-4-3-19(30)12-22(20)31/h2-5,8-12,14,24H,6-7,13H2,1H3,(H,38,41)/t14-,24?/m1/s1. The fourth-order valence-corrected chi connectivity index (χ4v) is 5.17. The summed E-state index contributed by atoms with van der Waals surface area (Å²) < 4.78 is 99.4. The Hall–Kier alpha value is -4.33. The van der Waals surface area contributed by atoms with Gasteiger partial charge in [-0.05, 0) is 66.6 Å². The van der Waals surface area contributed by atoms with Crippen LogP contribution in [0.2, 0.25) is 5.02 Å². The van der Waals surface area contributed by atoms with E-state index in [1.165, 1.54) is 35.2 Å². The van der Waals surface area contributed by atoms with Crippen LogP contribution in [0.3, 0.4) is 0 Å². The molecule has 44 heavy (non-hydrogen) atoms. The first-order valence-corrected chi connectivity index (χ1v) is 13.4. The summed E-state index contributed by atoms with van der Waals surface area (Å²) in [5.74, 6) is -1.85. The van der Waals surface area contributed by atoms with Gasteiger partial charge in [-0.2, -0.15) is 26.3 Å². The summed E-state index contributed by atoms with van der Waals surface area (Å²) in [6.07, 6.45) is -12.8. The number of rotatable bonds is 3. The molecule has 0 saturated carbocycles. The second kappa shape index (κ2) is 11.3. The summed E-state index contributed by atoms with van der Waals surface area (Å²) in [4.78, 5) is 41.8. The minimum atomic E-state index is -5.09. The molecule has 1 unspecified atom stereocenters. The Morgan fingerprint density at radius 2 is 1.59 bits per heavy atom. The Balaban J connectivity index is 1.34. The van der Waals surface area contributed by atoms with Crippen molar-refractivity contribution in [1.29, 1.82) is 0 Å². The first-order chi connectivity index (χ1) is 20.5. The van der Waals surface area contributed by atoms with Crippen LogP contribution >= 0.6 is 11.6 Å². The van der Waals surface area contributed by atoms with Crippen molar-refractivity contribution in [2.75, 3.05) is 25.0 Å². The lowest BCUT2D eigenvalue weighted by atomic mass is 10.0. The molecule has 1 saturated heterocycles. The number of nitrogens with zero attached hydrogens (tertiary/aromatic N) is 2. The highest BCUT2D eigenvalue weighted by molar-refractivity contribution is 6.30. The van der Waals surface area contributed by atoms with Crippen LogP contribution in [0.1, 0.15) is 40.1 Å². The number of amides is 3. The number of fused-ring (bicyclic) bond motifs is 2. The summed E-state index contributed by atoms with van der Waals surface area (Å²) >= 11 is 5.83. The lowest BCUT2D eigenvalue weighted by molar-refractivity contribution is -0.143. The van der Waals surface area contributed by atoms with Crippen molar-refractivity contribution in [3.63, 3.8) is 0 Å². The van der Waals surface area contributed by atoms with E-state index in [0.717, 1.165) is 17.9 Å². The fraction of sp³-hybridized carbons (Fsp3) is 0.276. The number of carbonyl (C=O) groups is 3. The summed E-state index contributed by atoms with van der Waals surface area (Å²) in [5, 5.41) is 2.79. The zero-order valence-electron chi connectivity index (χ0n) is 22.5. The first kappa shape index (κ1) is 31.1. The van der Waals surface area contributed by atoms with Crippen LogP contribution in [0.5, 0.6) is 0 Å². The van der Waals surface area contributed by atoms with E-state index in [0.29, 0.717) is 17.7 Å². The molecular formula is C29H21ClF7N3O4. The summed E-state index contributed by atoms with van der Waals surface area (Å²) in [6.45, 7) is 0.440. The second-order valence-corrected chi connectivity index (χ2v) is 10.6. The maximum Gasteiger partial charge on any atom is 0.416 e. The van der Waals surface area contributed by atoms with Gasteiger partial charge in [-0.1, -0.05) is 17.7 Å². The number of hydrogen-bond acceptors (Lipinski definition) is 4. The third-order valence-corrected chi connectivity index (χ3v) is 7.54. The van der Waals surface area contributed by atoms with Crippen molar-refractivity contribution in [2.24, 2.45) is 0 Å². The smallest absolute Gasteiger partial charge is 0.416 e. The maximum atomic E-state index is 14.5. The van der Waals surface area contributed by atoms with Crippen molar-refractivity contribution in [3.05, 3.63) is 87.7 Å². The largest absolute Gasteiger partial charge is 0.442 e. The Labute approximate surface area is 250 Å². The molecule has 3 amide bonds. The fourth-order valence-electron chi connectivity index (χ4n) is 5.02. The van der Waals surface area contributed by atoms with Crippen molar-refractivity contribution in [2.45, 2.75) is 31.4 Å². The third-order valence-electron chi connectivity index (χ3n) is 7.31. The van der Waals surface area contributed by atoms with Crippen LogP contribution in [0, 0.1) is 5.82 Å². The molecule has 0 aliphatic carbocycles. The molecule has 1 N–H and O–H groups in total. The Morgan fingerprint density at radius 1 is 0.932 bits per heavy atom. The number of nitrogens with one attached hydrogen (secondary N) is 1. The molecule has 3 aromatic carbocycles. The highest BCUT2D eigenvalue weighted by Gasteiger charge is 2.42. The molecule has 3 aromatic rings. The predicted octanol–water partition coefficient (Wildman–Crippen LogP) is 7.16. The van der Waals surface area contributed by atoms with Gasteiger partial charge in [0, 0.05) is 23.7 Å². The molecule has 2 aliphatic rings. The molecule has 0 aromatic heterocycles. The number of ether oxygens (including phenoxy) is 1. The Morgan fingerprint density at radius 3 is 2.20 bits per heavy atom. The van der Waals surface area contributed by atoms with Gasteiger partial charge in [-0.15, -0.1) is 0 Å². The molecule has 232 valence electrons. The van der Waals surface area contributed by atoms with Gasteiger partial charge in [0.25, 0.3) is 5.91 Å². The van der Waals surface area contributed by atoms with E-state index in [4.69, 9.17) is 16.3 Å². The molecule has 5 rings (SSSR count). The van der Waals surface area contributed by atoms with E-state index >= 15 is 0 Å². The number of alkyl halides is 6. The Bertz CT molecular complexity index is 1630. The predicted molar refractivity (Wildman–Crippen MR) is 143 cm³/mol. The first-order valence-electron chi connectivity index (χ1n) is 13.0. The molecule has 2 heterocycles. The Kier molecular flexibility index (Phi) is 7.99. The topological polar surface area (TPSA) is 79.0 Å². The minimum absolute atomic E-state index is 0.0358. The maximum absolute atomic E-state index is 14.5. The molecule has 2 atom stereocenters. The van der Waals surface area contributed by atoms with Gasteiger partial charge in [-0.25, -0.2) is 9.18 Å². The van der Waals surface area contributed by atoms with Crippen LogP contribution in [0.25, 0.3) is 11.1 Å². The zero-order chi connectivity index (χ0) is 32.1. The number of piperazine rings is 1. The molecule has 7 nitrogen and oxygen atoms in total. The lowest BCUT2D eigenvalue weighted by Crippen LogP contribution is -2.59. The molecule has 0 radical (unpaired) electrons. The van der Waals surface area contributed by atoms with Gasteiger partial charge in [0.2, 0.25) is 5.91 Å². The van der Waals surface area contributed by atoms with Crippen molar-refractivity contribution >= 4 is 35.2 Å². The minimum Gasteiger partial charge on any atom is -0.442 e. The van der Waals surface area contributed by atoms with Crippen molar-refractivity contribution in [1.82, 2.24) is 9.80 Å². The van der Waals surface area contributed by atoms with Gasteiger partial charge >= 0.3 is 18.4 Å². The second-order valence-electron chi connectivity index (χ2n) is 10.2. The van der Waals surface area contributed by atoms with Crippen molar-refractivity contribution in [3.8, 4) is 11.1 Å². The number of anilines is 1. The average molecular weight is 644 g/mol. The van der Waals surface area contributed by atoms with E-state index in [9.17, 15) is 45.1 Å². The van der Waals surface area contributed by atoms with Crippen LogP contribution in [-0.4, -0.2) is 53.4 Å². The number of benzene rings is 3. The van der Waals surface area contributed by atoms with E-state index in [2.05, 4.69) is 5.32 Å². The van der Waals surface area contributed by atoms with Gasteiger partial charge in [0.15, 0.2) is 0 Å². The van der Waals surface area contributed by atoms with E-state index in [1.54, 1.807) is 0 Å². The van der Waals surface area contributed by atoms with Crippen LogP contribution < -0.4 is 5.32 Å². The summed E-state index contributed by atoms with van der Waals surface area (Å²) in [7, 11) is 0. The average Bonchev–Trinajstić information content (AvgIpc) is 3.05. The third kappa shape index (κ3) is 6.16. The zero-order valence-corrected chi connectivity index (χ0v) is 23.3. The molecule has 0 bridgehead atoms. The van der Waals surface area contributed by atoms with E-state index in [1.807, 2.05) is 0 Å². The van der Waals surface area contributed by atoms with Gasteiger partial charge in [-0.3, -0.25) is 9.59 Å². The van der Waals surface area contributed by atoms with Crippen LogP contribution in [-0.2, 0) is 21.9 Å².